The van der Waals surface area contributed by atoms with Crippen LogP contribution in [0.1, 0.15) is 25.3 Å². The van der Waals surface area contributed by atoms with E-state index < -0.39 is 4.92 Å². The van der Waals surface area contributed by atoms with Crippen molar-refractivity contribution in [2.24, 2.45) is 11.0 Å². The van der Waals surface area contributed by atoms with Gasteiger partial charge in [0.25, 0.3) is 11.2 Å². The van der Waals surface area contributed by atoms with Crippen molar-refractivity contribution in [2.45, 2.75) is 19.8 Å². The number of nitro benzene ring substituents is 1. The Kier molecular flexibility index (Phi) is 5.01. The van der Waals surface area contributed by atoms with E-state index in [-0.39, 0.29) is 23.1 Å². The fraction of sp³-hybridized carbons (Fsp3) is 0.190. The van der Waals surface area contributed by atoms with Crippen LogP contribution in [0.2, 0.25) is 0 Å². The summed E-state index contributed by atoms with van der Waals surface area (Å²) in [4.78, 5) is 35.6. The minimum absolute atomic E-state index is 0.00173. The second-order valence-electron chi connectivity index (χ2n) is 7.09. The molecule has 152 valence electrons. The zero-order chi connectivity index (χ0) is 21.3. The quantitative estimate of drug-likeness (QED) is 0.372. The zero-order valence-electron chi connectivity index (χ0n) is 16.2. The van der Waals surface area contributed by atoms with Crippen molar-refractivity contribution in [3.63, 3.8) is 0 Å². The molecule has 1 aliphatic rings. The summed E-state index contributed by atoms with van der Waals surface area (Å²) >= 11 is 0. The van der Waals surface area contributed by atoms with Crippen LogP contribution < -0.4 is 11.0 Å². The molecule has 4 rings (SSSR count). The van der Waals surface area contributed by atoms with Gasteiger partial charge in [0.15, 0.2) is 0 Å². The van der Waals surface area contributed by atoms with Crippen molar-refractivity contribution in [1.29, 1.82) is 0 Å². The molecular formula is C21H19N5O4. The summed E-state index contributed by atoms with van der Waals surface area (Å²) in [5.74, 6) is -0.153. The second kappa shape index (κ2) is 7.78. The molecule has 1 aromatic heterocycles. The average molecular weight is 405 g/mol. The van der Waals surface area contributed by atoms with Crippen LogP contribution in [-0.4, -0.2) is 26.3 Å². The van der Waals surface area contributed by atoms with Crippen LogP contribution in [0.25, 0.3) is 16.9 Å². The van der Waals surface area contributed by atoms with E-state index in [2.05, 4.69) is 15.6 Å². The third-order valence-corrected chi connectivity index (χ3v) is 4.92. The molecule has 0 radical (unpaired) electrons. The van der Waals surface area contributed by atoms with Crippen LogP contribution in [0.15, 0.2) is 64.5 Å². The van der Waals surface area contributed by atoms with Crippen LogP contribution in [0.5, 0.6) is 0 Å². The number of nitrogens with one attached hydrogen (secondary N) is 2. The summed E-state index contributed by atoms with van der Waals surface area (Å²) in [6, 6.07) is 14.9. The van der Waals surface area contributed by atoms with Gasteiger partial charge < -0.3 is 0 Å². The SMILES string of the molecule is CC(=NNC(=O)C1CC1)c1c(-c2ccccc2)[nH]n(-c2ccc([N+](=O)[O-])cc2)c1=O. The lowest BCUT2D eigenvalue weighted by atomic mass is 10.1. The fourth-order valence-electron chi connectivity index (χ4n) is 3.12. The molecule has 0 unspecified atom stereocenters. The van der Waals surface area contributed by atoms with Crippen LogP contribution >= 0.6 is 0 Å². The lowest BCUT2D eigenvalue weighted by Gasteiger charge is -2.03. The first-order valence-corrected chi connectivity index (χ1v) is 9.45. The summed E-state index contributed by atoms with van der Waals surface area (Å²) in [5, 5.41) is 18.1. The van der Waals surface area contributed by atoms with Crippen molar-refractivity contribution in [2.75, 3.05) is 0 Å². The van der Waals surface area contributed by atoms with Gasteiger partial charge in [-0.25, -0.2) is 10.1 Å². The van der Waals surface area contributed by atoms with Gasteiger partial charge in [0, 0.05) is 23.6 Å². The van der Waals surface area contributed by atoms with Crippen molar-refractivity contribution in [1.82, 2.24) is 15.2 Å². The van der Waals surface area contributed by atoms with Crippen LogP contribution in [0.3, 0.4) is 0 Å². The van der Waals surface area contributed by atoms with Gasteiger partial charge in [-0.1, -0.05) is 30.3 Å². The largest absolute Gasteiger partial charge is 0.290 e. The number of hydrogen-bond acceptors (Lipinski definition) is 5. The van der Waals surface area contributed by atoms with E-state index in [1.54, 1.807) is 6.92 Å². The maximum atomic E-state index is 13.2. The minimum atomic E-state index is -0.499. The number of nitro groups is 1. The van der Waals surface area contributed by atoms with Gasteiger partial charge in [-0.3, -0.25) is 24.8 Å². The van der Waals surface area contributed by atoms with Crippen molar-refractivity contribution in [3.05, 3.63) is 80.6 Å². The molecule has 2 aromatic carbocycles. The molecule has 1 aliphatic carbocycles. The number of hydrazone groups is 1. The number of H-pyrrole nitrogens is 1. The monoisotopic (exact) mass is 405 g/mol. The number of carbonyl (C=O) groups excluding carboxylic acids is 1. The Hall–Kier alpha value is -4.01. The molecule has 9 heteroatoms. The Morgan fingerprint density at radius 1 is 1.17 bits per heavy atom. The van der Waals surface area contributed by atoms with Gasteiger partial charge in [-0.15, -0.1) is 0 Å². The molecule has 9 nitrogen and oxygen atoms in total. The lowest BCUT2D eigenvalue weighted by Crippen LogP contribution is -2.24. The Morgan fingerprint density at radius 3 is 2.43 bits per heavy atom. The first-order chi connectivity index (χ1) is 14.5. The highest BCUT2D eigenvalue weighted by Gasteiger charge is 2.29. The van der Waals surface area contributed by atoms with Gasteiger partial charge in [0.05, 0.1) is 27.6 Å². The Balaban J connectivity index is 1.79. The smallest absolute Gasteiger partial charge is 0.281 e. The van der Waals surface area contributed by atoms with Crippen molar-refractivity contribution >= 4 is 17.3 Å². The van der Waals surface area contributed by atoms with Gasteiger partial charge in [0.2, 0.25) is 5.91 Å². The molecule has 0 atom stereocenters. The normalized spacial score (nSPS) is 13.8. The Bertz CT molecular complexity index is 1190. The number of hydrogen-bond donors (Lipinski definition) is 2. The molecule has 1 amide bonds. The van der Waals surface area contributed by atoms with E-state index in [9.17, 15) is 19.7 Å². The van der Waals surface area contributed by atoms with E-state index in [4.69, 9.17) is 0 Å². The molecular weight excluding hydrogens is 386 g/mol. The molecule has 0 aliphatic heterocycles. The summed E-state index contributed by atoms with van der Waals surface area (Å²) < 4.78 is 1.31. The highest BCUT2D eigenvalue weighted by atomic mass is 16.6. The third kappa shape index (κ3) is 3.77. The zero-order valence-corrected chi connectivity index (χ0v) is 16.2. The first kappa shape index (κ1) is 19.3. The molecule has 0 spiro atoms. The number of carbonyl (C=O) groups is 1. The number of rotatable bonds is 6. The van der Waals surface area contributed by atoms with Gasteiger partial charge in [-0.2, -0.15) is 5.10 Å². The molecule has 0 bridgehead atoms. The van der Waals surface area contributed by atoms with Crippen LogP contribution in [-0.2, 0) is 4.79 Å². The average Bonchev–Trinajstić information content (AvgIpc) is 3.55. The standard InChI is InChI=1S/C21H19N5O4/c1-13(22-23-20(27)15-7-8-15)18-19(14-5-3-2-4-6-14)24-25(21(18)28)16-9-11-17(12-10-16)26(29)30/h2-6,9-12,15,24H,7-8H2,1H3,(H,23,27). The van der Waals surface area contributed by atoms with E-state index in [1.807, 2.05) is 30.3 Å². The van der Waals surface area contributed by atoms with E-state index >= 15 is 0 Å². The van der Waals surface area contributed by atoms with E-state index in [0.717, 1.165) is 18.4 Å². The van der Waals surface area contributed by atoms with Gasteiger partial charge in [0.1, 0.15) is 0 Å². The number of non-ortho nitro benzene ring substituents is 1. The van der Waals surface area contributed by atoms with Gasteiger partial charge >= 0.3 is 0 Å². The number of aromatic amines is 1. The molecule has 1 fully saturated rings. The summed E-state index contributed by atoms with van der Waals surface area (Å²) in [7, 11) is 0. The number of aromatic nitrogens is 2. The minimum Gasteiger partial charge on any atom is -0.290 e. The first-order valence-electron chi connectivity index (χ1n) is 9.45. The number of amides is 1. The predicted octanol–water partition coefficient (Wildman–Crippen LogP) is 2.99. The lowest BCUT2D eigenvalue weighted by molar-refractivity contribution is -0.384. The molecule has 0 saturated heterocycles. The maximum Gasteiger partial charge on any atom is 0.281 e. The van der Waals surface area contributed by atoms with Crippen molar-refractivity contribution < 1.29 is 9.72 Å². The van der Waals surface area contributed by atoms with E-state index in [1.165, 1.54) is 28.9 Å². The number of benzene rings is 2. The Morgan fingerprint density at radius 2 is 1.83 bits per heavy atom. The number of nitrogens with zero attached hydrogens (tertiary/aromatic N) is 3. The molecule has 3 aromatic rings. The van der Waals surface area contributed by atoms with Crippen LogP contribution in [0, 0.1) is 16.0 Å². The van der Waals surface area contributed by atoms with Crippen LogP contribution in [0.4, 0.5) is 5.69 Å². The fourth-order valence-corrected chi connectivity index (χ4v) is 3.12. The third-order valence-electron chi connectivity index (χ3n) is 4.92. The molecule has 1 heterocycles. The summed E-state index contributed by atoms with van der Waals surface area (Å²) in [6.45, 7) is 1.66. The molecule has 2 N–H and O–H groups in total. The Labute approximate surface area is 171 Å². The maximum absolute atomic E-state index is 13.2. The van der Waals surface area contributed by atoms with Gasteiger partial charge in [-0.05, 0) is 31.9 Å². The second-order valence-corrected chi connectivity index (χ2v) is 7.09. The predicted molar refractivity (Wildman–Crippen MR) is 112 cm³/mol. The van der Waals surface area contributed by atoms with E-state index in [0.29, 0.717) is 22.7 Å². The molecule has 1 saturated carbocycles. The van der Waals surface area contributed by atoms with Crippen molar-refractivity contribution in [3.8, 4) is 16.9 Å². The highest BCUT2D eigenvalue weighted by molar-refractivity contribution is 6.04. The molecule has 30 heavy (non-hydrogen) atoms. The summed E-state index contributed by atoms with van der Waals surface area (Å²) in [6.07, 6.45) is 1.71. The summed E-state index contributed by atoms with van der Waals surface area (Å²) in [5.41, 5.74) is 4.53. The topological polar surface area (TPSA) is 122 Å². The highest BCUT2D eigenvalue weighted by Crippen LogP contribution is 2.28.